The molecule has 0 unspecified atom stereocenters. The summed E-state index contributed by atoms with van der Waals surface area (Å²) in [4.78, 5) is 13.2. The van der Waals surface area contributed by atoms with E-state index in [1.807, 2.05) is 24.3 Å². The van der Waals surface area contributed by atoms with Crippen LogP contribution in [-0.2, 0) is 4.79 Å². The fourth-order valence-electron chi connectivity index (χ4n) is 3.94. The van der Waals surface area contributed by atoms with Gasteiger partial charge in [0.1, 0.15) is 0 Å². The van der Waals surface area contributed by atoms with Gasteiger partial charge in [0.05, 0.1) is 37.5 Å². The first-order valence-electron chi connectivity index (χ1n) is 12.4. The Morgan fingerprint density at radius 3 is 1.53 bits per heavy atom. The molecular weight excluding hydrogens is 499 g/mol. The van der Waals surface area contributed by atoms with Gasteiger partial charge in [0.15, 0.2) is 28.8 Å². The van der Waals surface area contributed by atoms with E-state index in [4.69, 9.17) is 42.1 Å². The smallest absolute Gasteiger partial charge is 0.185 e. The van der Waals surface area contributed by atoms with Crippen LogP contribution in [0.25, 0.3) is 12.2 Å². The maximum atomic E-state index is 13.2. The highest BCUT2D eigenvalue weighted by molar-refractivity contribution is 6.33. The number of carbonyl (C=O) groups excluding carboxylic acids is 1. The van der Waals surface area contributed by atoms with Gasteiger partial charge in [-0.2, -0.15) is 0 Å². The minimum Gasteiger partial charge on any atom is -0.493 e. The summed E-state index contributed by atoms with van der Waals surface area (Å²) >= 11 is 13.0. The van der Waals surface area contributed by atoms with Crippen molar-refractivity contribution in [3.8, 4) is 23.0 Å². The molecule has 0 N–H and O–H groups in total. The predicted molar refractivity (Wildman–Crippen MR) is 147 cm³/mol. The molecule has 1 aliphatic carbocycles. The third-order valence-corrected chi connectivity index (χ3v) is 6.48. The molecule has 2 aromatic carbocycles. The highest BCUT2D eigenvalue weighted by Crippen LogP contribution is 2.40. The highest BCUT2D eigenvalue weighted by atomic mass is 35.5. The van der Waals surface area contributed by atoms with E-state index in [-0.39, 0.29) is 5.78 Å². The summed E-state index contributed by atoms with van der Waals surface area (Å²) in [6.45, 7) is 5.34. The number of ether oxygens (including phenoxy) is 4. The number of rotatable bonds is 12. The van der Waals surface area contributed by atoms with Crippen LogP contribution in [0.2, 0.25) is 10.0 Å². The zero-order valence-electron chi connectivity index (χ0n) is 21.4. The third kappa shape index (κ3) is 6.98. The van der Waals surface area contributed by atoms with E-state index < -0.39 is 0 Å². The number of hydrogen-bond acceptors (Lipinski definition) is 5. The number of methoxy groups -OCH3 is 2. The molecule has 194 valence electrons. The lowest BCUT2D eigenvalue weighted by Crippen LogP contribution is -2.01. The Balaban J connectivity index is 1.82. The molecule has 0 heterocycles. The van der Waals surface area contributed by atoms with Crippen LogP contribution in [0.1, 0.15) is 63.5 Å². The van der Waals surface area contributed by atoms with Crippen LogP contribution < -0.4 is 18.9 Å². The van der Waals surface area contributed by atoms with E-state index in [1.54, 1.807) is 26.4 Å². The molecule has 0 saturated heterocycles. The van der Waals surface area contributed by atoms with Gasteiger partial charge in [0, 0.05) is 11.1 Å². The average molecular weight is 533 g/mol. The minimum absolute atomic E-state index is 0.00623. The Bertz CT molecular complexity index is 1050. The zero-order valence-corrected chi connectivity index (χ0v) is 22.9. The first kappa shape index (κ1) is 27.9. The van der Waals surface area contributed by atoms with Gasteiger partial charge in [-0.25, -0.2) is 0 Å². The Labute approximate surface area is 224 Å². The van der Waals surface area contributed by atoms with Gasteiger partial charge in [-0.05, 0) is 73.2 Å². The second kappa shape index (κ2) is 13.6. The lowest BCUT2D eigenvalue weighted by atomic mass is 10.1. The zero-order chi connectivity index (χ0) is 26.1. The van der Waals surface area contributed by atoms with Gasteiger partial charge >= 0.3 is 0 Å². The number of hydrogen-bond donors (Lipinski definition) is 0. The minimum atomic E-state index is 0.00623. The van der Waals surface area contributed by atoms with Gasteiger partial charge in [-0.3, -0.25) is 4.79 Å². The molecule has 7 heteroatoms. The molecule has 36 heavy (non-hydrogen) atoms. The molecule has 0 amide bonds. The monoisotopic (exact) mass is 532 g/mol. The number of allylic oxidation sites excluding steroid dienone is 2. The Hall–Kier alpha value is -2.63. The highest BCUT2D eigenvalue weighted by Gasteiger charge is 2.24. The average Bonchev–Trinajstić information content (AvgIpc) is 3.19. The van der Waals surface area contributed by atoms with Crippen molar-refractivity contribution in [3.05, 3.63) is 56.6 Å². The molecule has 0 bridgehead atoms. The van der Waals surface area contributed by atoms with Gasteiger partial charge < -0.3 is 18.9 Å². The molecule has 0 spiro atoms. The maximum Gasteiger partial charge on any atom is 0.185 e. The lowest BCUT2D eigenvalue weighted by molar-refractivity contribution is -0.111. The van der Waals surface area contributed by atoms with Gasteiger partial charge in [0.2, 0.25) is 0 Å². The van der Waals surface area contributed by atoms with Crippen LogP contribution >= 0.6 is 23.2 Å². The van der Waals surface area contributed by atoms with E-state index in [0.29, 0.717) is 59.1 Å². The fourth-order valence-corrected chi connectivity index (χ4v) is 4.49. The molecule has 1 aliphatic rings. The number of benzene rings is 2. The van der Waals surface area contributed by atoms with Crippen molar-refractivity contribution in [2.75, 3.05) is 27.4 Å². The molecule has 5 nitrogen and oxygen atoms in total. The summed E-state index contributed by atoms with van der Waals surface area (Å²) in [6.07, 6.45) is 8.93. The van der Waals surface area contributed by atoms with Crippen molar-refractivity contribution in [2.45, 2.75) is 52.4 Å². The number of Topliss-reactive ketones (excluding diaryl/α,β-unsaturated/α-hetero) is 1. The summed E-state index contributed by atoms with van der Waals surface area (Å²) in [5.74, 6) is 2.16. The number of unbranched alkanes of at least 4 members (excludes halogenated alkanes) is 2. The van der Waals surface area contributed by atoms with Crippen LogP contribution in [0, 0.1) is 0 Å². The Morgan fingerprint density at radius 2 is 1.17 bits per heavy atom. The molecule has 1 saturated carbocycles. The van der Waals surface area contributed by atoms with E-state index in [0.717, 1.165) is 48.0 Å². The standard InChI is InChI=1S/C29H34Cl2O5/c1-5-7-11-35-28-23(30)15-19(17-25(28)33-3)13-21-9-10-22(27(21)32)14-20-16-24(31)29(26(18-20)34-4)36-12-8-6-2/h13-18H,5-12H2,1-4H3/b21-13-,22-14-. The van der Waals surface area contributed by atoms with Gasteiger partial charge in [-0.1, -0.05) is 49.9 Å². The van der Waals surface area contributed by atoms with Crippen molar-refractivity contribution in [2.24, 2.45) is 0 Å². The van der Waals surface area contributed by atoms with Crippen LogP contribution in [0.3, 0.4) is 0 Å². The summed E-state index contributed by atoms with van der Waals surface area (Å²) < 4.78 is 22.6. The first-order chi connectivity index (χ1) is 17.4. The molecule has 0 radical (unpaired) electrons. The number of carbonyl (C=O) groups is 1. The molecule has 0 aromatic heterocycles. The van der Waals surface area contributed by atoms with Crippen LogP contribution in [0.5, 0.6) is 23.0 Å². The Morgan fingerprint density at radius 1 is 0.750 bits per heavy atom. The quantitative estimate of drug-likeness (QED) is 0.203. The molecule has 0 aliphatic heterocycles. The molecule has 3 rings (SSSR count). The normalized spacial score (nSPS) is 15.6. The van der Waals surface area contributed by atoms with Crippen molar-refractivity contribution < 1.29 is 23.7 Å². The Kier molecular flexibility index (Phi) is 10.6. The second-order valence-corrected chi connectivity index (χ2v) is 9.45. The van der Waals surface area contributed by atoms with Gasteiger partial charge in [0.25, 0.3) is 0 Å². The topological polar surface area (TPSA) is 54.0 Å². The van der Waals surface area contributed by atoms with E-state index in [9.17, 15) is 4.79 Å². The maximum absolute atomic E-state index is 13.2. The second-order valence-electron chi connectivity index (χ2n) is 8.64. The summed E-state index contributed by atoms with van der Waals surface area (Å²) in [7, 11) is 3.16. The van der Waals surface area contributed by atoms with E-state index in [2.05, 4.69) is 13.8 Å². The first-order valence-corrected chi connectivity index (χ1v) is 13.1. The third-order valence-electron chi connectivity index (χ3n) is 5.92. The van der Waals surface area contributed by atoms with Crippen LogP contribution in [0.4, 0.5) is 0 Å². The summed E-state index contributed by atoms with van der Waals surface area (Å²) in [6, 6.07) is 7.29. The van der Waals surface area contributed by atoms with Crippen molar-refractivity contribution in [3.63, 3.8) is 0 Å². The lowest BCUT2D eigenvalue weighted by Gasteiger charge is -2.13. The SMILES string of the molecule is CCCCOc1c(Cl)cc(/C=C2/CC/C(=C/c3cc(Cl)c(OCCCC)c(OC)c3)C2=O)cc1OC. The van der Waals surface area contributed by atoms with Crippen LogP contribution in [-0.4, -0.2) is 33.2 Å². The van der Waals surface area contributed by atoms with Crippen molar-refractivity contribution >= 4 is 41.1 Å². The van der Waals surface area contributed by atoms with Crippen LogP contribution in [0.15, 0.2) is 35.4 Å². The van der Waals surface area contributed by atoms with Crippen molar-refractivity contribution in [1.82, 2.24) is 0 Å². The van der Waals surface area contributed by atoms with E-state index >= 15 is 0 Å². The van der Waals surface area contributed by atoms with Crippen molar-refractivity contribution in [1.29, 1.82) is 0 Å². The molecule has 0 atom stereocenters. The predicted octanol–water partition coefficient (Wildman–Crippen LogP) is 8.20. The molecule has 2 aromatic rings. The number of halogens is 2. The molecular formula is C29H34Cl2O5. The summed E-state index contributed by atoms with van der Waals surface area (Å²) in [5, 5.41) is 0.919. The molecule has 1 fully saturated rings. The number of ketones is 1. The van der Waals surface area contributed by atoms with Gasteiger partial charge in [-0.15, -0.1) is 0 Å². The summed E-state index contributed by atoms with van der Waals surface area (Å²) in [5.41, 5.74) is 3.03. The fraction of sp³-hybridized carbons (Fsp3) is 0.414. The largest absolute Gasteiger partial charge is 0.493 e. The van der Waals surface area contributed by atoms with E-state index in [1.165, 1.54) is 0 Å².